The monoisotopic (exact) mass is 492 g/mol. The van der Waals surface area contributed by atoms with Crippen molar-refractivity contribution in [1.82, 2.24) is 20.1 Å². The van der Waals surface area contributed by atoms with Crippen LogP contribution in [0.3, 0.4) is 0 Å². The van der Waals surface area contributed by atoms with Crippen LogP contribution < -0.4 is 10.1 Å². The molecule has 34 heavy (non-hydrogen) atoms. The fraction of sp³-hybridized carbons (Fsp3) is 0.192. The SMILES string of the molecule is COc1ccc(CSc2nnc([C@@H](Cc3ccccc3)NC(=O)c3cccc(Cl)c3)n2C)cc1. The highest BCUT2D eigenvalue weighted by Crippen LogP contribution is 2.26. The lowest BCUT2D eigenvalue weighted by Crippen LogP contribution is -2.31. The predicted octanol–water partition coefficient (Wildman–Crippen LogP) is 5.48. The van der Waals surface area contributed by atoms with Crippen molar-refractivity contribution in [2.24, 2.45) is 7.05 Å². The second-order valence-corrected chi connectivity index (χ2v) is 9.14. The fourth-order valence-electron chi connectivity index (χ4n) is 3.55. The number of thioether (sulfide) groups is 1. The maximum absolute atomic E-state index is 13.0. The molecule has 6 nitrogen and oxygen atoms in total. The van der Waals surface area contributed by atoms with Crippen LogP contribution in [0.15, 0.2) is 84.0 Å². The molecule has 1 amide bonds. The lowest BCUT2D eigenvalue weighted by molar-refractivity contribution is 0.0934. The lowest BCUT2D eigenvalue weighted by Gasteiger charge is -2.19. The summed E-state index contributed by atoms with van der Waals surface area (Å²) in [6.45, 7) is 0. The zero-order valence-corrected chi connectivity index (χ0v) is 20.5. The van der Waals surface area contributed by atoms with Gasteiger partial charge < -0.3 is 14.6 Å². The first kappa shape index (κ1) is 23.9. The Balaban J connectivity index is 1.54. The molecule has 4 aromatic rings. The van der Waals surface area contributed by atoms with E-state index in [0.29, 0.717) is 22.8 Å². The molecule has 1 N–H and O–H groups in total. The second-order valence-electron chi connectivity index (χ2n) is 7.76. The molecule has 0 saturated heterocycles. The van der Waals surface area contributed by atoms with Crippen molar-refractivity contribution in [3.63, 3.8) is 0 Å². The predicted molar refractivity (Wildman–Crippen MR) is 135 cm³/mol. The summed E-state index contributed by atoms with van der Waals surface area (Å²) in [6, 6.07) is 24.5. The Bertz CT molecular complexity index is 1250. The third-order valence-electron chi connectivity index (χ3n) is 5.38. The zero-order valence-electron chi connectivity index (χ0n) is 18.9. The van der Waals surface area contributed by atoms with E-state index in [2.05, 4.69) is 15.5 Å². The summed E-state index contributed by atoms with van der Waals surface area (Å²) in [6.07, 6.45) is 0.586. The standard InChI is InChI=1S/C26H25ClN4O2S/c1-31-24(29-30-26(31)34-17-19-11-13-22(33-2)14-12-19)23(15-18-7-4-3-5-8-18)28-25(32)20-9-6-10-21(27)16-20/h3-14,16,23H,15,17H2,1-2H3,(H,28,32)/t23-/m1/s1. The van der Waals surface area contributed by atoms with E-state index in [4.69, 9.17) is 16.3 Å². The highest BCUT2D eigenvalue weighted by atomic mass is 35.5. The van der Waals surface area contributed by atoms with E-state index in [-0.39, 0.29) is 11.9 Å². The molecule has 3 aromatic carbocycles. The van der Waals surface area contributed by atoms with Crippen molar-refractivity contribution in [3.8, 4) is 5.75 Å². The smallest absolute Gasteiger partial charge is 0.251 e. The van der Waals surface area contributed by atoms with E-state index in [9.17, 15) is 4.79 Å². The van der Waals surface area contributed by atoms with Crippen molar-refractivity contribution in [1.29, 1.82) is 0 Å². The summed E-state index contributed by atoms with van der Waals surface area (Å²) in [4.78, 5) is 13.0. The Labute approximate surface area is 208 Å². The molecular weight excluding hydrogens is 468 g/mol. The number of carbonyl (C=O) groups is 1. The van der Waals surface area contributed by atoms with Gasteiger partial charge in [-0.1, -0.05) is 71.9 Å². The molecular formula is C26H25ClN4O2S. The molecule has 0 bridgehead atoms. The molecule has 1 aromatic heterocycles. The molecule has 0 aliphatic heterocycles. The minimum absolute atomic E-state index is 0.209. The van der Waals surface area contributed by atoms with Gasteiger partial charge in [-0.15, -0.1) is 10.2 Å². The largest absolute Gasteiger partial charge is 0.497 e. The molecule has 0 aliphatic rings. The van der Waals surface area contributed by atoms with E-state index in [1.54, 1.807) is 43.1 Å². The van der Waals surface area contributed by atoms with Crippen molar-refractivity contribution in [2.45, 2.75) is 23.4 Å². The van der Waals surface area contributed by atoms with Gasteiger partial charge in [0, 0.05) is 23.4 Å². The van der Waals surface area contributed by atoms with Crippen molar-refractivity contribution >= 4 is 29.3 Å². The number of hydrogen-bond acceptors (Lipinski definition) is 5. The summed E-state index contributed by atoms with van der Waals surface area (Å²) < 4.78 is 7.17. The van der Waals surface area contributed by atoms with E-state index >= 15 is 0 Å². The van der Waals surface area contributed by atoms with Crippen molar-refractivity contribution in [3.05, 3.63) is 106 Å². The van der Waals surface area contributed by atoms with Gasteiger partial charge in [-0.25, -0.2) is 0 Å². The van der Waals surface area contributed by atoms with E-state index < -0.39 is 0 Å². The first-order chi connectivity index (χ1) is 16.5. The van der Waals surface area contributed by atoms with Gasteiger partial charge in [0.2, 0.25) is 0 Å². The number of nitrogens with zero attached hydrogens (tertiary/aromatic N) is 3. The van der Waals surface area contributed by atoms with Crippen LogP contribution in [0.1, 0.15) is 33.4 Å². The average molecular weight is 493 g/mol. The molecule has 0 unspecified atom stereocenters. The van der Waals surface area contributed by atoms with Crippen LogP contribution in [0.5, 0.6) is 5.75 Å². The minimum atomic E-state index is -0.360. The van der Waals surface area contributed by atoms with Gasteiger partial charge in [0.15, 0.2) is 11.0 Å². The molecule has 0 spiro atoms. The Kier molecular flexibility index (Phi) is 7.87. The Morgan fingerprint density at radius 1 is 1.03 bits per heavy atom. The van der Waals surface area contributed by atoms with Crippen LogP contribution in [0, 0.1) is 0 Å². The quantitative estimate of drug-likeness (QED) is 0.313. The van der Waals surface area contributed by atoms with Gasteiger partial charge in [-0.3, -0.25) is 4.79 Å². The van der Waals surface area contributed by atoms with E-state index in [0.717, 1.165) is 27.8 Å². The molecule has 0 fully saturated rings. The zero-order chi connectivity index (χ0) is 23.9. The van der Waals surface area contributed by atoms with Gasteiger partial charge in [-0.2, -0.15) is 0 Å². The van der Waals surface area contributed by atoms with Gasteiger partial charge in [0.1, 0.15) is 5.75 Å². The summed E-state index contributed by atoms with van der Waals surface area (Å²) in [5, 5.41) is 13.3. The van der Waals surface area contributed by atoms with Crippen molar-refractivity contribution in [2.75, 3.05) is 7.11 Å². The van der Waals surface area contributed by atoms with Crippen LogP contribution >= 0.6 is 23.4 Å². The summed E-state index contributed by atoms with van der Waals surface area (Å²) in [7, 11) is 3.58. The molecule has 174 valence electrons. The number of hydrogen-bond donors (Lipinski definition) is 1. The number of nitrogens with one attached hydrogen (secondary N) is 1. The Morgan fingerprint density at radius 2 is 1.79 bits per heavy atom. The summed E-state index contributed by atoms with van der Waals surface area (Å²) in [5.74, 6) is 2.05. The molecule has 1 atom stereocenters. The molecule has 4 rings (SSSR count). The molecule has 0 saturated carbocycles. The van der Waals surface area contributed by atoms with Crippen LogP contribution in [0.4, 0.5) is 0 Å². The number of amides is 1. The maximum Gasteiger partial charge on any atom is 0.251 e. The number of methoxy groups -OCH3 is 1. The molecule has 8 heteroatoms. The second kappa shape index (κ2) is 11.2. The lowest BCUT2D eigenvalue weighted by atomic mass is 10.0. The van der Waals surface area contributed by atoms with E-state index in [1.165, 1.54) is 0 Å². The number of rotatable bonds is 9. The van der Waals surface area contributed by atoms with Gasteiger partial charge in [0.25, 0.3) is 5.91 Å². The van der Waals surface area contributed by atoms with Gasteiger partial charge >= 0.3 is 0 Å². The molecule has 1 heterocycles. The van der Waals surface area contributed by atoms with Crippen LogP contribution in [0.2, 0.25) is 5.02 Å². The number of benzene rings is 3. The average Bonchev–Trinajstić information content (AvgIpc) is 3.23. The van der Waals surface area contributed by atoms with Crippen LogP contribution in [0.25, 0.3) is 0 Å². The van der Waals surface area contributed by atoms with Crippen LogP contribution in [-0.4, -0.2) is 27.8 Å². The van der Waals surface area contributed by atoms with Crippen molar-refractivity contribution < 1.29 is 9.53 Å². The number of halogens is 1. The Hall–Kier alpha value is -3.29. The highest BCUT2D eigenvalue weighted by molar-refractivity contribution is 7.98. The minimum Gasteiger partial charge on any atom is -0.497 e. The number of ether oxygens (including phenoxy) is 1. The third-order valence-corrected chi connectivity index (χ3v) is 6.71. The van der Waals surface area contributed by atoms with E-state index in [1.807, 2.05) is 66.2 Å². The highest BCUT2D eigenvalue weighted by Gasteiger charge is 2.23. The summed E-state index contributed by atoms with van der Waals surface area (Å²) in [5.41, 5.74) is 2.75. The fourth-order valence-corrected chi connectivity index (χ4v) is 4.62. The molecule has 0 aliphatic carbocycles. The molecule has 0 radical (unpaired) electrons. The first-order valence-electron chi connectivity index (χ1n) is 10.8. The van der Waals surface area contributed by atoms with Crippen LogP contribution in [-0.2, 0) is 19.2 Å². The van der Waals surface area contributed by atoms with Gasteiger partial charge in [-0.05, 0) is 47.9 Å². The number of carbonyl (C=O) groups excluding carboxylic acids is 1. The first-order valence-corrected chi connectivity index (χ1v) is 12.1. The third kappa shape index (κ3) is 5.98. The number of aromatic nitrogens is 3. The van der Waals surface area contributed by atoms with Gasteiger partial charge in [0.05, 0.1) is 13.2 Å². The topological polar surface area (TPSA) is 69.0 Å². The maximum atomic E-state index is 13.0. The normalized spacial score (nSPS) is 11.7. The Morgan fingerprint density at radius 3 is 2.50 bits per heavy atom. The summed E-state index contributed by atoms with van der Waals surface area (Å²) >= 11 is 7.68.